The molecule has 25 heavy (non-hydrogen) atoms. The van der Waals surface area contributed by atoms with Gasteiger partial charge in [-0.2, -0.15) is 0 Å². The first-order valence-electron chi connectivity index (χ1n) is 6.91. The second-order valence-electron chi connectivity index (χ2n) is 4.92. The number of hydrogen-bond donors (Lipinski definition) is 1. The molecule has 0 atom stereocenters. The van der Waals surface area contributed by atoms with E-state index in [-0.39, 0.29) is 16.3 Å². The summed E-state index contributed by atoms with van der Waals surface area (Å²) in [4.78, 5) is 26.8. The number of carbonyl (C=O) groups is 1. The maximum Gasteiger partial charge on any atom is 0.270 e. The van der Waals surface area contributed by atoms with Crippen LogP contribution in [0.1, 0.15) is 10.4 Å². The standard InChI is InChI=1S/C16H9Cl2N3O3S/c17-10-3-1-9(2-4-10)14-8-25-16(19-14)20-15(22)12-6-5-11(21(23)24)7-13(12)18/h1-8H,(H,19,20,22). The summed E-state index contributed by atoms with van der Waals surface area (Å²) in [5, 5.41) is 16.2. The third-order valence-corrected chi connectivity index (χ3v) is 4.60. The fourth-order valence-corrected chi connectivity index (χ4v) is 3.15. The van der Waals surface area contributed by atoms with E-state index in [0.29, 0.717) is 15.8 Å². The first-order valence-corrected chi connectivity index (χ1v) is 8.54. The van der Waals surface area contributed by atoms with E-state index in [2.05, 4.69) is 10.3 Å². The Labute approximate surface area is 156 Å². The molecule has 1 amide bonds. The number of nitrogens with one attached hydrogen (secondary N) is 1. The summed E-state index contributed by atoms with van der Waals surface area (Å²) >= 11 is 13.1. The summed E-state index contributed by atoms with van der Waals surface area (Å²) < 4.78 is 0. The van der Waals surface area contributed by atoms with Crippen molar-refractivity contribution in [3.63, 3.8) is 0 Å². The van der Waals surface area contributed by atoms with Gasteiger partial charge in [-0.25, -0.2) is 4.98 Å². The Morgan fingerprint density at radius 3 is 2.52 bits per heavy atom. The number of carbonyl (C=O) groups excluding carboxylic acids is 1. The Morgan fingerprint density at radius 1 is 1.16 bits per heavy atom. The van der Waals surface area contributed by atoms with Crippen molar-refractivity contribution in [1.82, 2.24) is 4.98 Å². The number of nitro benzene ring substituents is 1. The predicted octanol–water partition coefficient (Wildman–Crippen LogP) is 5.28. The number of benzene rings is 2. The Kier molecular flexibility index (Phi) is 4.98. The fraction of sp³-hybridized carbons (Fsp3) is 0. The molecule has 1 aromatic heterocycles. The van der Waals surface area contributed by atoms with Crippen molar-refractivity contribution in [2.75, 3.05) is 5.32 Å². The molecule has 0 radical (unpaired) electrons. The van der Waals surface area contributed by atoms with Gasteiger partial charge in [0.15, 0.2) is 5.13 Å². The molecule has 1 N–H and O–H groups in total. The van der Waals surface area contributed by atoms with Crippen LogP contribution in [0.4, 0.5) is 10.8 Å². The maximum atomic E-state index is 12.3. The van der Waals surface area contributed by atoms with Gasteiger partial charge in [-0.3, -0.25) is 20.2 Å². The zero-order valence-corrected chi connectivity index (χ0v) is 14.7. The van der Waals surface area contributed by atoms with Gasteiger partial charge in [0.1, 0.15) is 0 Å². The average molecular weight is 394 g/mol. The van der Waals surface area contributed by atoms with Crippen LogP contribution in [0, 0.1) is 10.1 Å². The highest BCUT2D eigenvalue weighted by Gasteiger charge is 2.16. The molecular weight excluding hydrogens is 385 g/mol. The third-order valence-electron chi connectivity index (χ3n) is 3.27. The van der Waals surface area contributed by atoms with Crippen molar-refractivity contribution >= 4 is 51.3 Å². The number of anilines is 1. The minimum absolute atomic E-state index is 0.00109. The van der Waals surface area contributed by atoms with Gasteiger partial charge in [-0.1, -0.05) is 35.3 Å². The van der Waals surface area contributed by atoms with Crippen LogP contribution in [-0.2, 0) is 0 Å². The molecule has 3 rings (SSSR count). The van der Waals surface area contributed by atoms with Crippen LogP contribution in [0.2, 0.25) is 10.0 Å². The van der Waals surface area contributed by atoms with E-state index >= 15 is 0 Å². The van der Waals surface area contributed by atoms with Gasteiger partial charge in [0.05, 0.1) is 21.2 Å². The summed E-state index contributed by atoms with van der Waals surface area (Å²) in [6, 6.07) is 10.8. The van der Waals surface area contributed by atoms with Crippen LogP contribution < -0.4 is 5.32 Å². The fourth-order valence-electron chi connectivity index (χ4n) is 2.05. The lowest BCUT2D eigenvalue weighted by molar-refractivity contribution is -0.384. The van der Waals surface area contributed by atoms with Crippen molar-refractivity contribution in [2.24, 2.45) is 0 Å². The van der Waals surface area contributed by atoms with E-state index in [0.717, 1.165) is 11.6 Å². The number of rotatable bonds is 4. The summed E-state index contributed by atoms with van der Waals surface area (Å²) in [5.41, 5.74) is 1.53. The van der Waals surface area contributed by atoms with E-state index < -0.39 is 10.8 Å². The molecule has 0 unspecified atom stereocenters. The normalized spacial score (nSPS) is 10.5. The molecule has 0 aliphatic heterocycles. The number of nitro groups is 1. The predicted molar refractivity (Wildman–Crippen MR) is 98.6 cm³/mol. The van der Waals surface area contributed by atoms with Gasteiger partial charge in [-0.15, -0.1) is 11.3 Å². The Hall–Kier alpha value is -2.48. The monoisotopic (exact) mass is 393 g/mol. The smallest absolute Gasteiger partial charge is 0.270 e. The summed E-state index contributed by atoms with van der Waals surface area (Å²) in [6.45, 7) is 0. The molecule has 0 aliphatic carbocycles. The molecule has 2 aromatic carbocycles. The molecule has 6 nitrogen and oxygen atoms in total. The Balaban J connectivity index is 1.78. The van der Waals surface area contributed by atoms with Gasteiger partial charge in [0.2, 0.25) is 0 Å². The summed E-state index contributed by atoms with van der Waals surface area (Å²) in [7, 11) is 0. The number of aromatic nitrogens is 1. The second-order valence-corrected chi connectivity index (χ2v) is 6.62. The summed E-state index contributed by atoms with van der Waals surface area (Å²) in [5.74, 6) is -0.489. The topological polar surface area (TPSA) is 85.1 Å². The largest absolute Gasteiger partial charge is 0.298 e. The molecule has 0 bridgehead atoms. The molecule has 126 valence electrons. The number of non-ortho nitro benzene ring substituents is 1. The molecule has 0 aliphatic rings. The number of hydrogen-bond acceptors (Lipinski definition) is 5. The number of amides is 1. The van der Waals surface area contributed by atoms with E-state index in [1.165, 1.54) is 23.5 Å². The van der Waals surface area contributed by atoms with Crippen LogP contribution in [0.3, 0.4) is 0 Å². The highest BCUT2D eigenvalue weighted by molar-refractivity contribution is 7.14. The van der Waals surface area contributed by atoms with Crippen molar-refractivity contribution in [1.29, 1.82) is 0 Å². The zero-order valence-electron chi connectivity index (χ0n) is 12.4. The van der Waals surface area contributed by atoms with E-state index in [4.69, 9.17) is 23.2 Å². The number of thiazole rings is 1. The van der Waals surface area contributed by atoms with E-state index in [1.807, 2.05) is 12.1 Å². The lowest BCUT2D eigenvalue weighted by atomic mass is 10.2. The van der Waals surface area contributed by atoms with Crippen LogP contribution in [0.25, 0.3) is 11.3 Å². The van der Waals surface area contributed by atoms with Crippen molar-refractivity contribution in [3.05, 3.63) is 73.6 Å². The highest BCUT2D eigenvalue weighted by atomic mass is 35.5. The van der Waals surface area contributed by atoms with Crippen molar-refractivity contribution < 1.29 is 9.72 Å². The van der Waals surface area contributed by atoms with E-state index in [9.17, 15) is 14.9 Å². The van der Waals surface area contributed by atoms with Gasteiger partial charge >= 0.3 is 0 Å². The molecular formula is C16H9Cl2N3O3S. The average Bonchev–Trinajstić information content (AvgIpc) is 3.03. The molecule has 0 saturated heterocycles. The minimum atomic E-state index is -0.577. The van der Waals surface area contributed by atoms with E-state index in [1.54, 1.807) is 17.5 Å². The van der Waals surface area contributed by atoms with Crippen LogP contribution in [0.5, 0.6) is 0 Å². The Morgan fingerprint density at radius 2 is 1.88 bits per heavy atom. The number of halogens is 2. The molecule has 1 heterocycles. The zero-order chi connectivity index (χ0) is 18.0. The van der Waals surface area contributed by atoms with Crippen molar-refractivity contribution in [3.8, 4) is 11.3 Å². The quantitative estimate of drug-likeness (QED) is 0.482. The molecule has 0 saturated carbocycles. The number of nitrogens with zero attached hydrogens (tertiary/aromatic N) is 2. The second kappa shape index (κ2) is 7.18. The highest BCUT2D eigenvalue weighted by Crippen LogP contribution is 2.27. The first kappa shape index (κ1) is 17.3. The van der Waals surface area contributed by atoms with Gasteiger partial charge in [0.25, 0.3) is 11.6 Å². The lowest BCUT2D eigenvalue weighted by Gasteiger charge is -2.04. The molecule has 0 spiro atoms. The molecule has 3 aromatic rings. The lowest BCUT2D eigenvalue weighted by Crippen LogP contribution is -2.12. The molecule has 9 heteroatoms. The third kappa shape index (κ3) is 3.96. The summed E-state index contributed by atoms with van der Waals surface area (Å²) in [6.07, 6.45) is 0. The van der Waals surface area contributed by atoms with Crippen LogP contribution >= 0.6 is 34.5 Å². The van der Waals surface area contributed by atoms with Gasteiger partial charge in [-0.05, 0) is 18.2 Å². The van der Waals surface area contributed by atoms with Crippen LogP contribution in [-0.4, -0.2) is 15.8 Å². The maximum absolute atomic E-state index is 12.3. The minimum Gasteiger partial charge on any atom is -0.298 e. The first-order chi connectivity index (χ1) is 11.9. The Bertz CT molecular complexity index is 958. The SMILES string of the molecule is O=C(Nc1nc(-c2ccc(Cl)cc2)cs1)c1ccc([N+](=O)[O-])cc1Cl. The van der Waals surface area contributed by atoms with Crippen LogP contribution in [0.15, 0.2) is 47.8 Å². The van der Waals surface area contributed by atoms with Gasteiger partial charge < -0.3 is 0 Å². The molecule has 0 fully saturated rings. The van der Waals surface area contributed by atoms with Gasteiger partial charge in [0, 0.05) is 28.1 Å². The van der Waals surface area contributed by atoms with Crippen molar-refractivity contribution in [2.45, 2.75) is 0 Å².